The van der Waals surface area contributed by atoms with Gasteiger partial charge in [0, 0.05) is 32.2 Å². The fourth-order valence-electron chi connectivity index (χ4n) is 3.59. The second-order valence-corrected chi connectivity index (χ2v) is 8.29. The molecule has 1 atom stereocenters. The minimum absolute atomic E-state index is 0. The third kappa shape index (κ3) is 5.21. The van der Waals surface area contributed by atoms with Gasteiger partial charge in [0.1, 0.15) is 0 Å². The molecule has 1 fully saturated rings. The molecule has 0 aromatic heterocycles. The van der Waals surface area contributed by atoms with E-state index in [-0.39, 0.29) is 29.6 Å². The van der Waals surface area contributed by atoms with E-state index in [0.29, 0.717) is 31.7 Å². The Morgan fingerprint density at radius 3 is 2.46 bits per heavy atom. The Hall–Kier alpha value is -1.59. The van der Waals surface area contributed by atoms with Crippen LogP contribution in [0.1, 0.15) is 44.0 Å². The Bertz CT molecular complexity index is 621. The summed E-state index contributed by atoms with van der Waals surface area (Å²) in [6.07, 6.45) is 1.65. The van der Waals surface area contributed by atoms with Crippen molar-refractivity contribution in [3.05, 3.63) is 35.9 Å². The summed E-state index contributed by atoms with van der Waals surface area (Å²) in [5, 5.41) is 0. The number of amides is 2. The summed E-state index contributed by atoms with van der Waals surface area (Å²) in [5.41, 5.74) is 5.82. The van der Waals surface area contributed by atoms with Gasteiger partial charge in [-0.3, -0.25) is 9.59 Å². The molecule has 1 aliphatic heterocycles. The van der Waals surface area contributed by atoms with Crippen molar-refractivity contribution >= 4 is 24.2 Å². The van der Waals surface area contributed by atoms with E-state index in [1.54, 1.807) is 4.90 Å². The van der Waals surface area contributed by atoms with Crippen LogP contribution in [0, 0.1) is 10.8 Å². The number of nitrogens with zero attached hydrogens (tertiary/aromatic N) is 2. The standard InChI is InChI=1S/C20H31N3O2.ClH/c1-19(2,13-21)14-22(4)18(25)20(3)11-8-12-23(15-20)17(24)16-9-6-5-7-10-16;/h5-7,9-10H,8,11-15,21H2,1-4H3;1H. The van der Waals surface area contributed by atoms with Crippen molar-refractivity contribution in [1.82, 2.24) is 9.80 Å². The summed E-state index contributed by atoms with van der Waals surface area (Å²) >= 11 is 0. The number of likely N-dealkylation sites (tertiary alicyclic amines) is 1. The van der Waals surface area contributed by atoms with Gasteiger partial charge in [0.15, 0.2) is 0 Å². The Balaban J connectivity index is 0.00000338. The van der Waals surface area contributed by atoms with Gasteiger partial charge in [-0.2, -0.15) is 0 Å². The van der Waals surface area contributed by atoms with E-state index in [0.717, 1.165) is 12.8 Å². The van der Waals surface area contributed by atoms with Gasteiger partial charge in [-0.25, -0.2) is 0 Å². The Labute approximate surface area is 163 Å². The lowest BCUT2D eigenvalue weighted by Gasteiger charge is -2.42. The average Bonchev–Trinajstić information content (AvgIpc) is 2.60. The molecule has 146 valence electrons. The topological polar surface area (TPSA) is 66.6 Å². The molecule has 2 rings (SSSR count). The van der Waals surface area contributed by atoms with Crippen molar-refractivity contribution < 1.29 is 9.59 Å². The fourth-order valence-corrected chi connectivity index (χ4v) is 3.59. The quantitative estimate of drug-likeness (QED) is 0.852. The maximum atomic E-state index is 13.1. The van der Waals surface area contributed by atoms with Crippen LogP contribution < -0.4 is 5.73 Å². The van der Waals surface area contributed by atoms with Crippen molar-refractivity contribution in [2.45, 2.75) is 33.6 Å². The minimum atomic E-state index is -0.540. The van der Waals surface area contributed by atoms with Gasteiger partial charge in [-0.1, -0.05) is 32.0 Å². The van der Waals surface area contributed by atoms with Gasteiger partial charge in [-0.05, 0) is 43.9 Å². The van der Waals surface area contributed by atoms with Crippen LogP contribution in [0.2, 0.25) is 0 Å². The van der Waals surface area contributed by atoms with Crippen LogP contribution in [0.5, 0.6) is 0 Å². The lowest BCUT2D eigenvalue weighted by molar-refractivity contribution is -0.143. The van der Waals surface area contributed by atoms with E-state index in [1.165, 1.54) is 0 Å². The predicted molar refractivity (Wildman–Crippen MR) is 107 cm³/mol. The number of hydrogen-bond acceptors (Lipinski definition) is 3. The Morgan fingerprint density at radius 1 is 1.27 bits per heavy atom. The second-order valence-electron chi connectivity index (χ2n) is 8.29. The van der Waals surface area contributed by atoms with Crippen molar-refractivity contribution in [3.63, 3.8) is 0 Å². The number of nitrogens with two attached hydrogens (primary N) is 1. The highest BCUT2D eigenvalue weighted by molar-refractivity contribution is 5.95. The van der Waals surface area contributed by atoms with Gasteiger partial charge in [0.25, 0.3) is 5.91 Å². The molecule has 1 saturated heterocycles. The molecule has 1 heterocycles. The number of piperidine rings is 1. The van der Waals surface area contributed by atoms with E-state index in [2.05, 4.69) is 13.8 Å². The second kappa shape index (κ2) is 8.87. The molecule has 2 N–H and O–H groups in total. The smallest absolute Gasteiger partial charge is 0.253 e. The third-order valence-electron chi connectivity index (χ3n) is 5.09. The first-order chi connectivity index (χ1) is 11.7. The van der Waals surface area contributed by atoms with Crippen LogP contribution in [0.25, 0.3) is 0 Å². The molecule has 1 unspecified atom stereocenters. The third-order valence-corrected chi connectivity index (χ3v) is 5.09. The highest BCUT2D eigenvalue weighted by atomic mass is 35.5. The fraction of sp³-hybridized carbons (Fsp3) is 0.600. The largest absolute Gasteiger partial charge is 0.345 e. The van der Waals surface area contributed by atoms with Crippen LogP contribution in [-0.2, 0) is 4.79 Å². The lowest BCUT2D eigenvalue weighted by atomic mass is 9.79. The number of carbonyl (C=O) groups excluding carboxylic acids is 2. The van der Waals surface area contributed by atoms with E-state index in [9.17, 15) is 9.59 Å². The Kier molecular flexibility index (Phi) is 7.66. The molecular formula is C20H32ClN3O2. The average molecular weight is 382 g/mol. The molecule has 0 aliphatic carbocycles. The van der Waals surface area contributed by atoms with Crippen LogP contribution in [0.4, 0.5) is 0 Å². The van der Waals surface area contributed by atoms with Crippen LogP contribution >= 0.6 is 12.4 Å². The molecule has 0 radical (unpaired) electrons. The van der Waals surface area contributed by atoms with E-state index in [4.69, 9.17) is 5.73 Å². The molecule has 1 aromatic rings. The normalized spacial score (nSPS) is 20.3. The number of carbonyl (C=O) groups is 2. The molecule has 1 aliphatic rings. The zero-order valence-corrected chi connectivity index (χ0v) is 17.1. The van der Waals surface area contributed by atoms with Gasteiger partial charge >= 0.3 is 0 Å². The number of benzene rings is 1. The maximum Gasteiger partial charge on any atom is 0.253 e. The molecule has 26 heavy (non-hydrogen) atoms. The summed E-state index contributed by atoms with van der Waals surface area (Å²) < 4.78 is 0. The monoisotopic (exact) mass is 381 g/mol. The predicted octanol–water partition coefficient (Wildman–Crippen LogP) is 2.79. The summed E-state index contributed by atoms with van der Waals surface area (Å²) in [4.78, 5) is 29.4. The Morgan fingerprint density at radius 2 is 1.88 bits per heavy atom. The van der Waals surface area contributed by atoms with Crippen molar-refractivity contribution in [2.75, 3.05) is 33.2 Å². The highest BCUT2D eigenvalue weighted by Gasteiger charge is 2.41. The van der Waals surface area contributed by atoms with Crippen LogP contribution in [-0.4, -0.2) is 54.8 Å². The van der Waals surface area contributed by atoms with E-state index < -0.39 is 5.41 Å². The molecule has 2 amide bonds. The van der Waals surface area contributed by atoms with Crippen LogP contribution in [0.3, 0.4) is 0 Å². The van der Waals surface area contributed by atoms with Gasteiger partial charge in [-0.15, -0.1) is 12.4 Å². The summed E-state index contributed by atoms with van der Waals surface area (Å²) in [6, 6.07) is 9.28. The molecular weight excluding hydrogens is 350 g/mol. The number of halogens is 1. The SMILES string of the molecule is CN(CC(C)(C)CN)C(=O)C1(C)CCCN(C(=O)c2ccccc2)C1.Cl. The molecule has 0 saturated carbocycles. The van der Waals surface area contributed by atoms with Gasteiger partial charge in [0.2, 0.25) is 5.91 Å². The first-order valence-corrected chi connectivity index (χ1v) is 8.98. The molecule has 6 heteroatoms. The molecule has 1 aromatic carbocycles. The maximum absolute atomic E-state index is 13.1. The zero-order valence-electron chi connectivity index (χ0n) is 16.3. The number of hydrogen-bond donors (Lipinski definition) is 1. The van der Waals surface area contributed by atoms with Crippen molar-refractivity contribution in [3.8, 4) is 0 Å². The number of rotatable bonds is 5. The van der Waals surface area contributed by atoms with Crippen molar-refractivity contribution in [1.29, 1.82) is 0 Å². The van der Waals surface area contributed by atoms with Crippen LogP contribution in [0.15, 0.2) is 30.3 Å². The molecule has 0 spiro atoms. The summed E-state index contributed by atoms with van der Waals surface area (Å²) in [5.74, 6) is 0.101. The first kappa shape index (κ1) is 22.5. The van der Waals surface area contributed by atoms with Gasteiger partial charge in [0.05, 0.1) is 5.41 Å². The van der Waals surface area contributed by atoms with E-state index >= 15 is 0 Å². The zero-order chi connectivity index (χ0) is 18.7. The van der Waals surface area contributed by atoms with Gasteiger partial charge < -0.3 is 15.5 Å². The summed E-state index contributed by atoms with van der Waals surface area (Å²) in [6.45, 7) is 8.41. The highest BCUT2D eigenvalue weighted by Crippen LogP contribution is 2.33. The molecule has 5 nitrogen and oxygen atoms in total. The molecule has 0 bridgehead atoms. The minimum Gasteiger partial charge on any atom is -0.345 e. The summed E-state index contributed by atoms with van der Waals surface area (Å²) in [7, 11) is 1.84. The van der Waals surface area contributed by atoms with Crippen molar-refractivity contribution in [2.24, 2.45) is 16.6 Å². The lowest BCUT2D eigenvalue weighted by Crippen LogP contribution is -2.53. The first-order valence-electron chi connectivity index (χ1n) is 8.98. The van der Waals surface area contributed by atoms with E-state index in [1.807, 2.05) is 49.2 Å².